The number of carbonyl (C=O) groups excluding carboxylic acids is 1. The quantitative estimate of drug-likeness (QED) is 0.758. The molecule has 6 heteroatoms. The van der Waals surface area contributed by atoms with Gasteiger partial charge in [0, 0.05) is 11.3 Å². The van der Waals surface area contributed by atoms with E-state index in [1.165, 1.54) is 12.1 Å². The Labute approximate surface area is 138 Å². The van der Waals surface area contributed by atoms with Crippen LogP contribution >= 0.6 is 0 Å². The third kappa shape index (κ3) is 3.78. The molecule has 3 aromatic rings. The summed E-state index contributed by atoms with van der Waals surface area (Å²) in [6.45, 7) is 1.92. The number of oxazole rings is 1. The second kappa shape index (κ2) is 6.95. The number of nitrogens with one attached hydrogen (secondary N) is 2. The maximum absolute atomic E-state index is 13.2. The first-order valence-corrected chi connectivity index (χ1v) is 7.43. The van der Waals surface area contributed by atoms with Gasteiger partial charge in [-0.2, -0.15) is 0 Å². The molecule has 3 rings (SSSR count). The maximum atomic E-state index is 13.2. The Morgan fingerprint density at radius 1 is 1.21 bits per heavy atom. The Kier molecular flexibility index (Phi) is 4.56. The van der Waals surface area contributed by atoms with Crippen molar-refractivity contribution >= 4 is 11.7 Å². The molecular formula is C18H16FN3O2. The molecule has 0 aliphatic rings. The average molecular weight is 325 g/mol. The number of rotatable bonds is 4. The Bertz CT molecular complexity index is 846. The lowest BCUT2D eigenvalue weighted by Gasteiger charge is -2.08. The number of urea groups is 1. The molecular weight excluding hydrogens is 309 g/mol. The Morgan fingerprint density at radius 3 is 2.79 bits per heavy atom. The molecule has 1 heterocycles. The van der Waals surface area contributed by atoms with Crippen molar-refractivity contribution in [1.29, 1.82) is 0 Å². The molecule has 0 spiro atoms. The summed E-state index contributed by atoms with van der Waals surface area (Å²) in [7, 11) is 0. The predicted octanol–water partition coefficient (Wildman–Crippen LogP) is 4.11. The fourth-order valence-corrected chi connectivity index (χ4v) is 2.18. The summed E-state index contributed by atoms with van der Waals surface area (Å²) in [6, 6.07) is 13.3. The van der Waals surface area contributed by atoms with Gasteiger partial charge in [-0.1, -0.05) is 36.4 Å². The number of hydrogen-bond acceptors (Lipinski definition) is 3. The zero-order chi connectivity index (χ0) is 16.9. The molecule has 0 saturated carbocycles. The molecule has 5 nitrogen and oxygen atoms in total. The number of aromatic nitrogens is 1. The molecule has 24 heavy (non-hydrogen) atoms. The minimum atomic E-state index is -0.455. The van der Waals surface area contributed by atoms with Crippen molar-refractivity contribution in [1.82, 2.24) is 10.3 Å². The van der Waals surface area contributed by atoms with Crippen LogP contribution in [0.3, 0.4) is 0 Å². The lowest BCUT2D eigenvalue weighted by molar-refractivity contribution is 0.250. The first-order chi connectivity index (χ1) is 11.6. The van der Waals surface area contributed by atoms with Crippen LogP contribution in [0.5, 0.6) is 0 Å². The SMILES string of the molecule is Cc1ccc(F)cc1NC(=O)NCc1ncc(-c2ccccc2)o1. The third-order valence-corrected chi connectivity index (χ3v) is 3.46. The second-order valence-electron chi connectivity index (χ2n) is 5.25. The van der Waals surface area contributed by atoms with E-state index in [0.717, 1.165) is 11.1 Å². The van der Waals surface area contributed by atoms with E-state index in [0.29, 0.717) is 17.3 Å². The smallest absolute Gasteiger partial charge is 0.319 e. The van der Waals surface area contributed by atoms with Gasteiger partial charge in [-0.05, 0) is 24.6 Å². The van der Waals surface area contributed by atoms with Gasteiger partial charge in [0.15, 0.2) is 5.76 Å². The summed E-state index contributed by atoms with van der Waals surface area (Å²) in [5.74, 6) is 0.616. The summed E-state index contributed by atoms with van der Waals surface area (Å²) < 4.78 is 18.8. The molecule has 0 unspecified atom stereocenters. The van der Waals surface area contributed by atoms with Crippen molar-refractivity contribution in [3.8, 4) is 11.3 Å². The fraction of sp³-hybridized carbons (Fsp3) is 0.111. The van der Waals surface area contributed by atoms with Crippen molar-refractivity contribution in [2.24, 2.45) is 0 Å². The summed E-state index contributed by atoms with van der Waals surface area (Å²) in [6.07, 6.45) is 1.61. The van der Waals surface area contributed by atoms with Gasteiger partial charge in [-0.15, -0.1) is 0 Å². The van der Waals surface area contributed by atoms with Crippen molar-refractivity contribution in [2.75, 3.05) is 5.32 Å². The molecule has 0 fully saturated rings. The molecule has 2 aromatic carbocycles. The molecule has 1 aromatic heterocycles. The van der Waals surface area contributed by atoms with Crippen LogP contribution in [0.15, 0.2) is 59.1 Å². The highest BCUT2D eigenvalue weighted by Gasteiger charge is 2.09. The summed E-state index contributed by atoms with van der Waals surface area (Å²) >= 11 is 0. The van der Waals surface area contributed by atoms with Gasteiger partial charge in [0.25, 0.3) is 0 Å². The van der Waals surface area contributed by atoms with Crippen molar-refractivity contribution in [3.63, 3.8) is 0 Å². The van der Waals surface area contributed by atoms with Crippen LogP contribution in [0.25, 0.3) is 11.3 Å². The number of benzene rings is 2. The first-order valence-electron chi connectivity index (χ1n) is 7.43. The van der Waals surface area contributed by atoms with Gasteiger partial charge in [0.05, 0.1) is 12.7 Å². The van der Waals surface area contributed by atoms with E-state index in [2.05, 4.69) is 15.6 Å². The van der Waals surface area contributed by atoms with Crippen LogP contribution in [-0.2, 0) is 6.54 Å². The number of halogens is 1. The summed E-state index contributed by atoms with van der Waals surface area (Å²) in [5, 5.41) is 5.23. The number of anilines is 1. The average Bonchev–Trinajstić information content (AvgIpc) is 3.06. The Hall–Kier alpha value is -3.15. The Morgan fingerprint density at radius 2 is 2.00 bits per heavy atom. The molecule has 0 saturated heterocycles. The topological polar surface area (TPSA) is 67.2 Å². The molecule has 2 N–H and O–H groups in total. The number of carbonyl (C=O) groups is 1. The highest BCUT2D eigenvalue weighted by molar-refractivity contribution is 5.89. The van der Waals surface area contributed by atoms with Crippen LogP contribution in [0.1, 0.15) is 11.5 Å². The predicted molar refractivity (Wildman–Crippen MR) is 88.9 cm³/mol. The van der Waals surface area contributed by atoms with Gasteiger partial charge in [-0.3, -0.25) is 0 Å². The van der Waals surface area contributed by atoms with E-state index < -0.39 is 11.8 Å². The van der Waals surface area contributed by atoms with Crippen LogP contribution in [0, 0.1) is 12.7 Å². The van der Waals surface area contributed by atoms with Crippen molar-refractivity contribution in [3.05, 3.63) is 72.0 Å². The van der Waals surface area contributed by atoms with Gasteiger partial charge < -0.3 is 15.1 Å². The lowest BCUT2D eigenvalue weighted by atomic mass is 10.2. The number of amides is 2. The van der Waals surface area contributed by atoms with E-state index in [1.807, 2.05) is 30.3 Å². The number of aryl methyl sites for hydroxylation is 1. The standard InChI is InChI=1S/C18H16FN3O2/c1-12-7-8-14(19)9-15(12)22-18(23)21-11-17-20-10-16(24-17)13-5-3-2-4-6-13/h2-10H,11H2,1H3,(H2,21,22,23). The lowest BCUT2D eigenvalue weighted by Crippen LogP contribution is -2.28. The van der Waals surface area contributed by atoms with Gasteiger partial charge >= 0.3 is 6.03 Å². The van der Waals surface area contributed by atoms with Crippen LogP contribution in [0.2, 0.25) is 0 Å². The number of nitrogens with zero attached hydrogens (tertiary/aromatic N) is 1. The molecule has 0 bridgehead atoms. The van der Waals surface area contributed by atoms with Crippen LogP contribution in [-0.4, -0.2) is 11.0 Å². The second-order valence-corrected chi connectivity index (χ2v) is 5.25. The third-order valence-electron chi connectivity index (χ3n) is 3.46. The normalized spacial score (nSPS) is 10.4. The van der Waals surface area contributed by atoms with Crippen molar-refractivity contribution in [2.45, 2.75) is 13.5 Å². The molecule has 2 amide bonds. The van der Waals surface area contributed by atoms with E-state index in [9.17, 15) is 9.18 Å². The van der Waals surface area contributed by atoms with E-state index in [1.54, 1.807) is 19.2 Å². The molecule has 0 atom stereocenters. The maximum Gasteiger partial charge on any atom is 0.319 e. The van der Waals surface area contributed by atoms with Gasteiger partial charge in [0.2, 0.25) is 5.89 Å². The molecule has 0 aliphatic carbocycles. The van der Waals surface area contributed by atoms with Crippen molar-refractivity contribution < 1.29 is 13.6 Å². The minimum absolute atomic E-state index is 0.132. The summed E-state index contributed by atoms with van der Waals surface area (Å²) in [5.41, 5.74) is 2.11. The van der Waals surface area contributed by atoms with Gasteiger partial charge in [-0.25, -0.2) is 14.2 Å². The van der Waals surface area contributed by atoms with E-state index in [-0.39, 0.29) is 6.54 Å². The minimum Gasteiger partial charge on any atom is -0.439 e. The van der Waals surface area contributed by atoms with E-state index in [4.69, 9.17) is 4.42 Å². The first kappa shape index (κ1) is 15.7. The highest BCUT2D eigenvalue weighted by atomic mass is 19.1. The zero-order valence-electron chi connectivity index (χ0n) is 13.0. The van der Waals surface area contributed by atoms with E-state index >= 15 is 0 Å². The monoisotopic (exact) mass is 325 g/mol. The largest absolute Gasteiger partial charge is 0.439 e. The number of hydrogen-bond donors (Lipinski definition) is 2. The van der Waals surface area contributed by atoms with Crippen LogP contribution < -0.4 is 10.6 Å². The molecule has 122 valence electrons. The van der Waals surface area contributed by atoms with Crippen LogP contribution in [0.4, 0.5) is 14.9 Å². The fourth-order valence-electron chi connectivity index (χ4n) is 2.18. The molecule has 0 radical (unpaired) electrons. The Balaban J connectivity index is 1.59. The molecule has 0 aliphatic heterocycles. The zero-order valence-corrected chi connectivity index (χ0v) is 13.0. The van der Waals surface area contributed by atoms with Gasteiger partial charge in [0.1, 0.15) is 5.82 Å². The highest BCUT2D eigenvalue weighted by Crippen LogP contribution is 2.19. The summed E-state index contributed by atoms with van der Waals surface area (Å²) in [4.78, 5) is 16.0.